The lowest BCUT2D eigenvalue weighted by molar-refractivity contribution is 0.101. The molecule has 0 saturated carbocycles. The summed E-state index contributed by atoms with van der Waals surface area (Å²) in [5.74, 6) is -0.302. The zero-order chi connectivity index (χ0) is 14.7. The zero-order valence-corrected chi connectivity index (χ0v) is 12.1. The average Bonchev–Trinajstić information content (AvgIpc) is 2.40. The molecule has 0 aliphatic rings. The van der Waals surface area contributed by atoms with Gasteiger partial charge in [-0.25, -0.2) is 4.39 Å². The van der Waals surface area contributed by atoms with Gasteiger partial charge in [0.2, 0.25) is 0 Å². The maximum absolute atomic E-state index is 13.6. The number of ketones is 1. The maximum Gasteiger partial charge on any atom is 0.161 e. The molecule has 0 N–H and O–H groups in total. The van der Waals surface area contributed by atoms with Gasteiger partial charge in [0.25, 0.3) is 0 Å². The molecule has 2 aromatic rings. The highest BCUT2D eigenvalue weighted by molar-refractivity contribution is 6.34. The zero-order valence-electron chi connectivity index (χ0n) is 11.4. The highest BCUT2D eigenvalue weighted by atomic mass is 35.5. The van der Waals surface area contributed by atoms with Gasteiger partial charge >= 0.3 is 0 Å². The van der Waals surface area contributed by atoms with E-state index >= 15 is 0 Å². The Kier molecular flexibility index (Phi) is 4.40. The predicted molar refractivity (Wildman–Crippen MR) is 80.0 cm³/mol. The molecule has 2 aromatic carbocycles. The van der Waals surface area contributed by atoms with Crippen molar-refractivity contribution in [2.45, 2.75) is 13.5 Å². The Morgan fingerprint density at radius 2 is 1.95 bits per heavy atom. The standard InChI is InChI=1S/C16H15ClFNO/c1-11(20)14-8-7-13(9-15(14)17)19(2)10-12-5-3-4-6-16(12)18/h3-9H,10H2,1-2H3. The van der Waals surface area contributed by atoms with Crippen molar-refractivity contribution in [2.24, 2.45) is 0 Å². The molecule has 104 valence electrons. The molecule has 0 atom stereocenters. The molecule has 0 aromatic heterocycles. The molecular formula is C16H15ClFNO. The van der Waals surface area contributed by atoms with Crippen molar-refractivity contribution in [3.05, 3.63) is 64.4 Å². The summed E-state index contributed by atoms with van der Waals surface area (Å²) in [6.07, 6.45) is 0. The number of halogens is 2. The summed E-state index contributed by atoms with van der Waals surface area (Å²) in [7, 11) is 1.85. The van der Waals surface area contributed by atoms with Crippen LogP contribution in [0.3, 0.4) is 0 Å². The molecule has 0 radical (unpaired) electrons. The first kappa shape index (κ1) is 14.5. The van der Waals surface area contributed by atoms with Crippen LogP contribution in [0.25, 0.3) is 0 Å². The molecule has 0 unspecified atom stereocenters. The second-order valence-electron chi connectivity index (χ2n) is 4.67. The first-order valence-corrected chi connectivity index (χ1v) is 6.62. The monoisotopic (exact) mass is 291 g/mol. The number of carbonyl (C=O) groups is 1. The van der Waals surface area contributed by atoms with Crippen LogP contribution in [0.4, 0.5) is 10.1 Å². The van der Waals surface area contributed by atoms with Crippen LogP contribution in [0.1, 0.15) is 22.8 Å². The SMILES string of the molecule is CC(=O)c1ccc(N(C)Cc2ccccc2F)cc1Cl. The van der Waals surface area contributed by atoms with Crippen LogP contribution in [-0.2, 0) is 6.54 Å². The smallest absolute Gasteiger partial charge is 0.161 e. The number of hydrogen-bond acceptors (Lipinski definition) is 2. The highest BCUT2D eigenvalue weighted by Crippen LogP contribution is 2.24. The van der Waals surface area contributed by atoms with E-state index in [-0.39, 0.29) is 11.6 Å². The molecule has 20 heavy (non-hydrogen) atoms. The van der Waals surface area contributed by atoms with Gasteiger partial charge in [0.15, 0.2) is 5.78 Å². The number of carbonyl (C=O) groups excluding carboxylic acids is 1. The summed E-state index contributed by atoms with van der Waals surface area (Å²) in [4.78, 5) is 13.2. The highest BCUT2D eigenvalue weighted by Gasteiger charge is 2.10. The minimum Gasteiger partial charge on any atom is -0.370 e. The van der Waals surface area contributed by atoms with Crippen LogP contribution < -0.4 is 4.90 Å². The van der Waals surface area contributed by atoms with Crippen molar-refractivity contribution >= 4 is 23.1 Å². The van der Waals surface area contributed by atoms with Crippen molar-refractivity contribution in [1.82, 2.24) is 0 Å². The van der Waals surface area contributed by atoms with E-state index in [0.29, 0.717) is 22.7 Å². The van der Waals surface area contributed by atoms with Gasteiger partial charge in [0.05, 0.1) is 5.02 Å². The van der Waals surface area contributed by atoms with E-state index in [1.165, 1.54) is 13.0 Å². The van der Waals surface area contributed by atoms with Crippen molar-refractivity contribution < 1.29 is 9.18 Å². The largest absolute Gasteiger partial charge is 0.370 e. The van der Waals surface area contributed by atoms with Gasteiger partial charge in [-0.05, 0) is 31.2 Å². The molecule has 0 amide bonds. The number of anilines is 1. The van der Waals surface area contributed by atoms with Crippen molar-refractivity contribution in [2.75, 3.05) is 11.9 Å². The first-order valence-electron chi connectivity index (χ1n) is 6.24. The van der Waals surface area contributed by atoms with Crippen molar-refractivity contribution in [1.29, 1.82) is 0 Å². The van der Waals surface area contributed by atoms with E-state index in [0.717, 1.165) is 5.69 Å². The summed E-state index contributed by atoms with van der Waals surface area (Å²) >= 11 is 6.08. The molecule has 0 aliphatic carbocycles. The fourth-order valence-electron chi connectivity index (χ4n) is 2.00. The normalized spacial score (nSPS) is 10.4. The van der Waals surface area contributed by atoms with Crippen LogP contribution in [0.5, 0.6) is 0 Å². The number of hydrogen-bond donors (Lipinski definition) is 0. The van der Waals surface area contributed by atoms with Gasteiger partial charge in [0, 0.05) is 30.4 Å². The van der Waals surface area contributed by atoms with Gasteiger partial charge in [-0.2, -0.15) is 0 Å². The Morgan fingerprint density at radius 1 is 1.25 bits per heavy atom. The third kappa shape index (κ3) is 3.17. The molecule has 0 heterocycles. The molecule has 0 fully saturated rings. The number of Topliss-reactive ketones (excluding diaryl/α,β-unsaturated/α-hetero) is 1. The number of nitrogens with zero attached hydrogens (tertiary/aromatic N) is 1. The van der Waals surface area contributed by atoms with E-state index in [4.69, 9.17) is 11.6 Å². The fraction of sp³-hybridized carbons (Fsp3) is 0.188. The molecule has 0 saturated heterocycles. The molecular weight excluding hydrogens is 277 g/mol. The molecule has 4 heteroatoms. The lowest BCUT2D eigenvalue weighted by atomic mass is 10.1. The van der Waals surface area contributed by atoms with Crippen LogP contribution in [0.15, 0.2) is 42.5 Å². The minimum absolute atomic E-state index is 0.0710. The lowest BCUT2D eigenvalue weighted by Gasteiger charge is -2.20. The molecule has 0 spiro atoms. The van der Waals surface area contributed by atoms with Gasteiger partial charge in [0.1, 0.15) is 5.82 Å². The third-order valence-electron chi connectivity index (χ3n) is 3.14. The summed E-state index contributed by atoms with van der Waals surface area (Å²) in [6, 6.07) is 11.9. The van der Waals surface area contributed by atoms with Crippen LogP contribution in [0, 0.1) is 5.82 Å². The Labute approximate surface area is 122 Å². The fourth-order valence-corrected chi connectivity index (χ4v) is 2.31. The topological polar surface area (TPSA) is 20.3 Å². The Balaban J connectivity index is 2.22. The van der Waals surface area contributed by atoms with Gasteiger partial charge in [-0.1, -0.05) is 29.8 Å². The van der Waals surface area contributed by atoms with Gasteiger partial charge in [-0.15, -0.1) is 0 Å². The van der Waals surface area contributed by atoms with Crippen LogP contribution in [0.2, 0.25) is 5.02 Å². The molecule has 0 bridgehead atoms. The van der Waals surface area contributed by atoms with Gasteiger partial charge in [-0.3, -0.25) is 4.79 Å². The minimum atomic E-state index is -0.231. The quantitative estimate of drug-likeness (QED) is 0.782. The van der Waals surface area contributed by atoms with E-state index in [1.807, 2.05) is 18.0 Å². The maximum atomic E-state index is 13.6. The number of rotatable bonds is 4. The van der Waals surface area contributed by atoms with E-state index in [9.17, 15) is 9.18 Å². The molecule has 2 rings (SSSR count). The van der Waals surface area contributed by atoms with Crippen LogP contribution in [-0.4, -0.2) is 12.8 Å². The summed E-state index contributed by atoms with van der Waals surface area (Å²) < 4.78 is 13.6. The van der Waals surface area contributed by atoms with E-state index in [2.05, 4.69) is 0 Å². The lowest BCUT2D eigenvalue weighted by Crippen LogP contribution is -2.17. The predicted octanol–water partition coefficient (Wildman–Crippen LogP) is 4.32. The summed E-state index contributed by atoms with van der Waals surface area (Å²) in [5, 5.41) is 0.412. The van der Waals surface area contributed by atoms with E-state index < -0.39 is 0 Å². The number of benzene rings is 2. The first-order chi connectivity index (χ1) is 9.49. The average molecular weight is 292 g/mol. The Morgan fingerprint density at radius 3 is 2.55 bits per heavy atom. The molecule has 2 nitrogen and oxygen atoms in total. The molecule has 0 aliphatic heterocycles. The second-order valence-corrected chi connectivity index (χ2v) is 5.08. The second kappa shape index (κ2) is 6.06. The van der Waals surface area contributed by atoms with Gasteiger partial charge < -0.3 is 4.90 Å². The summed E-state index contributed by atoms with van der Waals surface area (Å²) in [5.41, 5.74) is 1.94. The third-order valence-corrected chi connectivity index (χ3v) is 3.45. The Bertz CT molecular complexity index is 642. The summed E-state index contributed by atoms with van der Waals surface area (Å²) in [6.45, 7) is 1.91. The Hall–Kier alpha value is -1.87. The van der Waals surface area contributed by atoms with Crippen molar-refractivity contribution in [3.63, 3.8) is 0 Å². The van der Waals surface area contributed by atoms with Crippen LogP contribution >= 0.6 is 11.6 Å². The van der Waals surface area contributed by atoms with Crippen molar-refractivity contribution in [3.8, 4) is 0 Å². The van der Waals surface area contributed by atoms with E-state index in [1.54, 1.807) is 30.3 Å².